The monoisotopic (exact) mass is 587 g/mol. The van der Waals surface area contributed by atoms with Crippen LogP contribution in [-0.4, -0.2) is 91.4 Å². The number of fused-ring (bicyclic) bond motifs is 1. The standard InChI is InChI=1S/C34H42FN5O3/c1-23-4-8-28(9-5-23)32-22-43-34-31(15-27(16-37-34)14-26-6-10-29(35)11-7-26)40(32)33(41)20-39-18-24(2)36-17-30(39)19-38-12-13-42-21-25(38)3/h4-11,15-16,24-25,30,32,36H,12-14,17-22H2,1-3H3/t24-,25?,30-,32?/m1/s1. The number of ether oxygens (including phenoxy) is 2. The second-order valence-electron chi connectivity index (χ2n) is 12.3. The lowest BCUT2D eigenvalue weighted by Crippen LogP contribution is -2.62. The number of aromatic nitrogens is 1. The number of hydrogen-bond acceptors (Lipinski definition) is 7. The van der Waals surface area contributed by atoms with Crippen LogP contribution >= 0.6 is 0 Å². The highest BCUT2D eigenvalue weighted by Crippen LogP contribution is 2.39. The van der Waals surface area contributed by atoms with Crippen LogP contribution in [0.15, 0.2) is 60.8 Å². The molecule has 0 radical (unpaired) electrons. The van der Waals surface area contributed by atoms with Crippen LogP contribution in [0.1, 0.15) is 42.1 Å². The summed E-state index contributed by atoms with van der Waals surface area (Å²) in [7, 11) is 0. The Kier molecular flexibility index (Phi) is 9.04. The molecule has 0 bridgehead atoms. The van der Waals surface area contributed by atoms with Crippen molar-refractivity contribution < 1.29 is 18.7 Å². The van der Waals surface area contributed by atoms with E-state index in [0.717, 1.165) is 61.6 Å². The number of benzene rings is 2. The highest BCUT2D eigenvalue weighted by molar-refractivity contribution is 5.97. The summed E-state index contributed by atoms with van der Waals surface area (Å²) in [5.41, 5.74) is 4.79. The van der Waals surface area contributed by atoms with Crippen molar-refractivity contribution in [1.29, 1.82) is 0 Å². The van der Waals surface area contributed by atoms with Gasteiger partial charge in [0.1, 0.15) is 18.1 Å². The average molecular weight is 588 g/mol. The normalized spacial score (nSPS) is 24.8. The number of nitrogens with one attached hydrogen (secondary N) is 1. The Morgan fingerprint density at radius 1 is 1.05 bits per heavy atom. The van der Waals surface area contributed by atoms with Crippen LogP contribution < -0.4 is 15.0 Å². The number of carbonyl (C=O) groups excluding carboxylic acids is 1. The first-order valence-corrected chi connectivity index (χ1v) is 15.4. The van der Waals surface area contributed by atoms with E-state index in [1.54, 1.807) is 18.3 Å². The number of nitrogens with zero attached hydrogens (tertiary/aromatic N) is 4. The van der Waals surface area contributed by atoms with Crippen molar-refractivity contribution >= 4 is 11.6 Å². The van der Waals surface area contributed by atoms with Crippen LogP contribution in [0.2, 0.25) is 0 Å². The molecule has 2 unspecified atom stereocenters. The molecule has 4 atom stereocenters. The Morgan fingerprint density at radius 3 is 2.60 bits per heavy atom. The maximum Gasteiger partial charge on any atom is 0.242 e. The van der Waals surface area contributed by atoms with Gasteiger partial charge in [0, 0.05) is 50.5 Å². The predicted octanol–water partition coefficient (Wildman–Crippen LogP) is 3.97. The molecule has 3 aliphatic heterocycles. The van der Waals surface area contributed by atoms with Crippen molar-refractivity contribution in [3.05, 3.63) is 88.9 Å². The van der Waals surface area contributed by atoms with Crippen LogP contribution in [0.3, 0.4) is 0 Å². The molecule has 43 heavy (non-hydrogen) atoms. The molecule has 1 N–H and O–H groups in total. The zero-order valence-electron chi connectivity index (χ0n) is 25.3. The zero-order chi connectivity index (χ0) is 29.9. The number of hydrogen-bond donors (Lipinski definition) is 1. The van der Waals surface area contributed by atoms with Crippen LogP contribution in [-0.2, 0) is 16.0 Å². The molecule has 2 saturated heterocycles. The van der Waals surface area contributed by atoms with Gasteiger partial charge in [-0.05, 0) is 62.1 Å². The quantitative estimate of drug-likeness (QED) is 0.449. The SMILES string of the molecule is Cc1ccc(C2COc3ncc(Cc4ccc(F)cc4)cc3N2C(=O)CN2C[C@@H](C)NC[C@@H]2CN2CCOCC2C)cc1. The number of piperazine rings is 1. The van der Waals surface area contributed by atoms with E-state index in [-0.39, 0.29) is 23.8 Å². The zero-order valence-corrected chi connectivity index (χ0v) is 25.3. The van der Waals surface area contributed by atoms with Crippen molar-refractivity contribution in [1.82, 2.24) is 20.1 Å². The predicted molar refractivity (Wildman–Crippen MR) is 165 cm³/mol. The van der Waals surface area contributed by atoms with E-state index in [4.69, 9.17) is 9.47 Å². The summed E-state index contributed by atoms with van der Waals surface area (Å²) in [4.78, 5) is 25.9. The lowest BCUT2D eigenvalue weighted by Gasteiger charge is -2.44. The molecule has 3 aliphatic rings. The van der Waals surface area contributed by atoms with Crippen molar-refractivity contribution in [2.45, 2.75) is 51.4 Å². The fraction of sp³-hybridized carbons (Fsp3) is 0.471. The number of rotatable bonds is 7. The highest BCUT2D eigenvalue weighted by atomic mass is 19.1. The van der Waals surface area contributed by atoms with E-state index >= 15 is 0 Å². The lowest BCUT2D eigenvalue weighted by molar-refractivity contribution is -0.122. The number of morpholine rings is 1. The summed E-state index contributed by atoms with van der Waals surface area (Å²) < 4.78 is 25.4. The van der Waals surface area contributed by atoms with E-state index in [0.29, 0.717) is 43.2 Å². The number of aryl methyl sites for hydroxylation is 1. The van der Waals surface area contributed by atoms with Crippen LogP contribution in [0.5, 0.6) is 5.88 Å². The number of anilines is 1. The molecule has 0 aliphatic carbocycles. The topological polar surface area (TPSA) is 70.2 Å². The molecule has 2 fully saturated rings. The van der Waals surface area contributed by atoms with Gasteiger partial charge >= 0.3 is 0 Å². The smallest absolute Gasteiger partial charge is 0.242 e. The van der Waals surface area contributed by atoms with Gasteiger partial charge < -0.3 is 14.8 Å². The molecule has 6 rings (SSSR count). The number of amides is 1. The Labute approximate surface area is 253 Å². The van der Waals surface area contributed by atoms with Gasteiger partial charge in [0.2, 0.25) is 11.8 Å². The van der Waals surface area contributed by atoms with Crippen molar-refractivity contribution in [2.75, 3.05) is 57.4 Å². The first kappa shape index (κ1) is 29.7. The van der Waals surface area contributed by atoms with Gasteiger partial charge in [-0.25, -0.2) is 9.37 Å². The van der Waals surface area contributed by atoms with Gasteiger partial charge in [0.25, 0.3) is 0 Å². The number of carbonyl (C=O) groups is 1. The van der Waals surface area contributed by atoms with Crippen LogP contribution in [0.25, 0.3) is 0 Å². The highest BCUT2D eigenvalue weighted by Gasteiger charge is 2.38. The number of pyridine rings is 1. The van der Waals surface area contributed by atoms with Gasteiger partial charge in [-0.2, -0.15) is 0 Å². The molecule has 1 amide bonds. The minimum atomic E-state index is -0.276. The van der Waals surface area contributed by atoms with Gasteiger partial charge in [0.15, 0.2) is 0 Å². The van der Waals surface area contributed by atoms with E-state index in [9.17, 15) is 9.18 Å². The first-order chi connectivity index (χ1) is 20.8. The Bertz CT molecular complexity index is 1400. The minimum absolute atomic E-state index is 0.0324. The Morgan fingerprint density at radius 2 is 1.84 bits per heavy atom. The fourth-order valence-corrected chi connectivity index (χ4v) is 6.40. The summed E-state index contributed by atoms with van der Waals surface area (Å²) in [5.74, 6) is 0.235. The first-order valence-electron chi connectivity index (χ1n) is 15.4. The average Bonchev–Trinajstić information content (AvgIpc) is 3.00. The molecule has 1 aromatic heterocycles. The molecular weight excluding hydrogens is 545 g/mol. The molecule has 8 nitrogen and oxygen atoms in total. The molecule has 0 saturated carbocycles. The van der Waals surface area contributed by atoms with E-state index < -0.39 is 0 Å². The van der Waals surface area contributed by atoms with E-state index in [2.05, 4.69) is 65.1 Å². The fourth-order valence-electron chi connectivity index (χ4n) is 6.40. The third-order valence-corrected chi connectivity index (χ3v) is 8.91. The third-order valence-electron chi connectivity index (χ3n) is 8.91. The van der Waals surface area contributed by atoms with Crippen LogP contribution in [0.4, 0.5) is 10.1 Å². The molecule has 0 spiro atoms. The minimum Gasteiger partial charge on any atom is -0.474 e. The molecule has 2 aromatic carbocycles. The van der Waals surface area contributed by atoms with Crippen LogP contribution in [0, 0.1) is 12.7 Å². The van der Waals surface area contributed by atoms with Gasteiger partial charge in [-0.1, -0.05) is 42.0 Å². The molecule has 4 heterocycles. The van der Waals surface area contributed by atoms with Gasteiger partial charge in [-0.15, -0.1) is 0 Å². The third kappa shape index (κ3) is 6.91. The van der Waals surface area contributed by atoms with Crippen molar-refractivity contribution in [3.8, 4) is 5.88 Å². The summed E-state index contributed by atoms with van der Waals surface area (Å²) in [6.07, 6.45) is 2.36. The van der Waals surface area contributed by atoms with Gasteiger partial charge in [0.05, 0.1) is 25.8 Å². The summed E-state index contributed by atoms with van der Waals surface area (Å²) in [6.45, 7) is 12.0. The largest absolute Gasteiger partial charge is 0.474 e. The molecular formula is C34H42FN5O3. The summed E-state index contributed by atoms with van der Waals surface area (Å²) >= 11 is 0. The summed E-state index contributed by atoms with van der Waals surface area (Å²) in [5, 5.41) is 3.63. The van der Waals surface area contributed by atoms with E-state index in [1.807, 2.05) is 11.0 Å². The second-order valence-corrected chi connectivity index (χ2v) is 12.3. The van der Waals surface area contributed by atoms with Crippen molar-refractivity contribution in [2.24, 2.45) is 0 Å². The maximum absolute atomic E-state index is 14.5. The maximum atomic E-state index is 14.5. The lowest BCUT2D eigenvalue weighted by atomic mass is 10.0. The summed E-state index contributed by atoms with van der Waals surface area (Å²) in [6, 6.07) is 17.4. The van der Waals surface area contributed by atoms with Crippen molar-refractivity contribution in [3.63, 3.8) is 0 Å². The van der Waals surface area contributed by atoms with Gasteiger partial charge in [-0.3, -0.25) is 19.5 Å². The Balaban J connectivity index is 1.29. The second kappa shape index (κ2) is 13.1. The number of halogens is 1. The molecule has 228 valence electrons. The molecule has 9 heteroatoms. The molecule has 3 aromatic rings. The Hall–Kier alpha value is -3.37. The van der Waals surface area contributed by atoms with E-state index in [1.165, 1.54) is 12.1 Å².